The molecule has 1 aliphatic heterocycles. The summed E-state index contributed by atoms with van der Waals surface area (Å²) >= 11 is 0. The second-order valence-corrected chi connectivity index (χ2v) is 7.32. The molecular weight excluding hydrogens is 326 g/mol. The van der Waals surface area contributed by atoms with E-state index < -0.39 is 5.72 Å². The highest BCUT2D eigenvalue weighted by atomic mass is 16.5. The Balaban J connectivity index is 1.45. The van der Waals surface area contributed by atoms with Crippen molar-refractivity contribution in [3.05, 3.63) is 71.8 Å². The standard InChI is InChI=1S/C22H25NO3/c1-17-15-23(21(24)19-10-6-3-7-11-19)22(26-17)13-12-20(14-22)25-16-18-8-4-2-5-9-18/h2-11,17,20H,12-16H2,1H3/t17-,20+,22-/m0/s1. The summed E-state index contributed by atoms with van der Waals surface area (Å²) < 4.78 is 12.4. The van der Waals surface area contributed by atoms with Crippen LogP contribution in [0.1, 0.15) is 42.1 Å². The highest BCUT2D eigenvalue weighted by molar-refractivity contribution is 5.94. The second-order valence-electron chi connectivity index (χ2n) is 7.32. The molecule has 4 heteroatoms. The molecule has 1 heterocycles. The normalized spacial score (nSPS) is 28.0. The molecule has 4 rings (SSSR count). The first-order valence-corrected chi connectivity index (χ1v) is 9.37. The van der Waals surface area contributed by atoms with Crippen molar-refractivity contribution in [1.82, 2.24) is 4.90 Å². The van der Waals surface area contributed by atoms with Crippen LogP contribution in [0, 0.1) is 0 Å². The topological polar surface area (TPSA) is 38.8 Å². The molecule has 26 heavy (non-hydrogen) atoms. The van der Waals surface area contributed by atoms with Gasteiger partial charge < -0.3 is 14.4 Å². The van der Waals surface area contributed by atoms with E-state index in [0.717, 1.165) is 24.8 Å². The number of hydrogen-bond donors (Lipinski definition) is 0. The molecule has 1 amide bonds. The van der Waals surface area contributed by atoms with Gasteiger partial charge >= 0.3 is 0 Å². The van der Waals surface area contributed by atoms with Crippen LogP contribution in [0.5, 0.6) is 0 Å². The minimum atomic E-state index is -0.520. The van der Waals surface area contributed by atoms with E-state index >= 15 is 0 Å². The first kappa shape index (κ1) is 17.3. The highest BCUT2D eigenvalue weighted by Crippen LogP contribution is 2.43. The first-order chi connectivity index (χ1) is 12.7. The predicted octanol–water partition coefficient (Wildman–Crippen LogP) is 4.01. The Morgan fingerprint density at radius 3 is 2.58 bits per heavy atom. The Morgan fingerprint density at radius 1 is 1.15 bits per heavy atom. The molecule has 1 spiro atoms. The van der Waals surface area contributed by atoms with Gasteiger partial charge in [0.1, 0.15) is 5.72 Å². The summed E-state index contributed by atoms with van der Waals surface area (Å²) in [6, 6.07) is 19.7. The van der Waals surface area contributed by atoms with Crippen molar-refractivity contribution < 1.29 is 14.3 Å². The van der Waals surface area contributed by atoms with Crippen molar-refractivity contribution >= 4 is 5.91 Å². The maximum absolute atomic E-state index is 13.0. The van der Waals surface area contributed by atoms with Crippen molar-refractivity contribution in [2.45, 2.75) is 50.7 Å². The van der Waals surface area contributed by atoms with E-state index in [1.807, 2.05) is 60.4 Å². The molecule has 2 aromatic rings. The molecule has 2 aromatic carbocycles. The maximum Gasteiger partial charge on any atom is 0.256 e. The van der Waals surface area contributed by atoms with Gasteiger partial charge in [0, 0.05) is 18.5 Å². The average molecular weight is 351 g/mol. The average Bonchev–Trinajstić information content (AvgIpc) is 3.24. The van der Waals surface area contributed by atoms with E-state index in [4.69, 9.17) is 9.47 Å². The summed E-state index contributed by atoms with van der Waals surface area (Å²) in [4.78, 5) is 15.0. The fourth-order valence-electron chi connectivity index (χ4n) is 4.13. The molecule has 1 saturated carbocycles. The van der Waals surface area contributed by atoms with Crippen molar-refractivity contribution in [3.63, 3.8) is 0 Å². The van der Waals surface area contributed by atoms with Crippen LogP contribution in [0.25, 0.3) is 0 Å². The van der Waals surface area contributed by atoms with Crippen molar-refractivity contribution in [3.8, 4) is 0 Å². The van der Waals surface area contributed by atoms with Crippen LogP contribution in [0.4, 0.5) is 0 Å². The lowest BCUT2D eigenvalue weighted by Crippen LogP contribution is -2.46. The van der Waals surface area contributed by atoms with Crippen LogP contribution >= 0.6 is 0 Å². The van der Waals surface area contributed by atoms with Crippen LogP contribution in [0.15, 0.2) is 60.7 Å². The predicted molar refractivity (Wildman–Crippen MR) is 99.6 cm³/mol. The fourth-order valence-corrected chi connectivity index (χ4v) is 4.13. The van der Waals surface area contributed by atoms with Crippen LogP contribution in [-0.2, 0) is 16.1 Å². The van der Waals surface area contributed by atoms with E-state index in [1.165, 1.54) is 5.56 Å². The molecule has 4 nitrogen and oxygen atoms in total. The van der Waals surface area contributed by atoms with E-state index in [9.17, 15) is 4.79 Å². The van der Waals surface area contributed by atoms with E-state index in [0.29, 0.717) is 13.2 Å². The van der Waals surface area contributed by atoms with Gasteiger partial charge in [0.25, 0.3) is 5.91 Å². The molecule has 2 fully saturated rings. The third-order valence-electron chi connectivity index (χ3n) is 5.35. The number of rotatable bonds is 4. The van der Waals surface area contributed by atoms with E-state index in [2.05, 4.69) is 12.1 Å². The molecule has 0 N–H and O–H groups in total. The van der Waals surface area contributed by atoms with Gasteiger partial charge in [-0.1, -0.05) is 48.5 Å². The Kier molecular flexibility index (Phi) is 4.79. The Bertz CT molecular complexity index is 748. The minimum Gasteiger partial charge on any atom is -0.373 e. The van der Waals surface area contributed by atoms with E-state index in [1.54, 1.807) is 0 Å². The summed E-state index contributed by atoms with van der Waals surface area (Å²) in [5, 5.41) is 0. The van der Waals surface area contributed by atoms with Gasteiger partial charge in [-0.2, -0.15) is 0 Å². The summed E-state index contributed by atoms with van der Waals surface area (Å²) in [6.07, 6.45) is 2.65. The van der Waals surface area contributed by atoms with Gasteiger partial charge in [0.15, 0.2) is 0 Å². The number of hydrogen-bond acceptors (Lipinski definition) is 3. The molecule has 1 saturated heterocycles. The lowest BCUT2D eigenvalue weighted by atomic mass is 10.1. The maximum atomic E-state index is 13.0. The fraction of sp³-hybridized carbons (Fsp3) is 0.409. The SMILES string of the molecule is C[C@H]1CN(C(=O)c2ccccc2)[C@@]2(CC[C@@H](OCc3ccccc3)C2)O1. The monoisotopic (exact) mass is 351 g/mol. The quantitative estimate of drug-likeness (QED) is 0.835. The van der Waals surface area contributed by atoms with Crippen LogP contribution in [0.2, 0.25) is 0 Å². The molecular formula is C22H25NO3. The largest absolute Gasteiger partial charge is 0.373 e. The molecule has 3 atom stereocenters. The summed E-state index contributed by atoms with van der Waals surface area (Å²) in [5.74, 6) is 0.0543. The molecule has 1 aliphatic carbocycles. The summed E-state index contributed by atoms with van der Waals surface area (Å²) in [7, 11) is 0. The number of ether oxygens (including phenoxy) is 2. The molecule has 136 valence electrons. The smallest absolute Gasteiger partial charge is 0.256 e. The van der Waals surface area contributed by atoms with Crippen LogP contribution in [-0.4, -0.2) is 35.3 Å². The number of amides is 1. The lowest BCUT2D eigenvalue weighted by Gasteiger charge is -2.33. The summed E-state index contributed by atoms with van der Waals surface area (Å²) in [5.41, 5.74) is 1.37. The summed E-state index contributed by atoms with van der Waals surface area (Å²) in [6.45, 7) is 3.28. The third kappa shape index (κ3) is 3.39. The van der Waals surface area contributed by atoms with Crippen molar-refractivity contribution in [2.75, 3.05) is 6.54 Å². The third-order valence-corrected chi connectivity index (χ3v) is 5.35. The van der Waals surface area contributed by atoms with Crippen LogP contribution in [0.3, 0.4) is 0 Å². The Labute approximate surface area is 154 Å². The van der Waals surface area contributed by atoms with E-state index in [-0.39, 0.29) is 18.1 Å². The minimum absolute atomic E-state index is 0.0514. The number of carbonyl (C=O) groups is 1. The van der Waals surface area contributed by atoms with Gasteiger partial charge in [-0.05, 0) is 37.5 Å². The van der Waals surface area contributed by atoms with Crippen molar-refractivity contribution in [2.24, 2.45) is 0 Å². The second kappa shape index (κ2) is 7.22. The van der Waals surface area contributed by atoms with Gasteiger partial charge in [-0.3, -0.25) is 4.79 Å². The van der Waals surface area contributed by atoms with Gasteiger partial charge in [-0.15, -0.1) is 0 Å². The molecule has 0 bridgehead atoms. The lowest BCUT2D eigenvalue weighted by molar-refractivity contribution is -0.0933. The van der Waals surface area contributed by atoms with Crippen molar-refractivity contribution in [1.29, 1.82) is 0 Å². The van der Waals surface area contributed by atoms with Gasteiger partial charge in [0.05, 0.1) is 18.8 Å². The van der Waals surface area contributed by atoms with Crippen LogP contribution < -0.4 is 0 Å². The molecule has 0 aromatic heterocycles. The van der Waals surface area contributed by atoms with Gasteiger partial charge in [0.2, 0.25) is 0 Å². The number of carbonyl (C=O) groups excluding carboxylic acids is 1. The molecule has 0 radical (unpaired) electrons. The zero-order valence-corrected chi connectivity index (χ0v) is 15.1. The Hall–Kier alpha value is -2.17. The Morgan fingerprint density at radius 2 is 1.85 bits per heavy atom. The number of benzene rings is 2. The molecule has 0 unspecified atom stereocenters. The highest BCUT2D eigenvalue weighted by Gasteiger charge is 2.52. The van der Waals surface area contributed by atoms with Gasteiger partial charge in [-0.25, -0.2) is 0 Å². The first-order valence-electron chi connectivity index (χ1n) is 9.37. The zero-order chi connectivity index (χ0) is 18.0. The molecule has 2 aliphatic rings. The zero-order valence-electron chi connectivity index (χ0n) is 15.1. The number of nitrogens with zero attached hydrogens (tertiary/aromatic N) is 1.